The quantitative estimate of drug-likeness (QED) is 0.896. The Labute approximate surface area is 111 Å². The SMILES string of the molecule is Cc1cc(F)ccc1C(O)c1ccc2c(c1)COC2. The van der Waals surface area contributed by atoms with Crippen LogP contribution in [0.25, 0.3) is 0 Å². The van der Waals surface area contributed by atoms with Gasteiger partial charge in [-0.05, 0) is 46.9 Å². The summed E-state index contributed by atoms with van der Waals surface area (Å²) in [5.74, 6) is -0.282. The molecule has 0 spiro atoms. The minimum absolute atomic E-state index is 0.282. The van der Waals surface area contributed by atoms with Crippen LogP contribution in [0.15, 0.2) is 36.4 Å². The highest BCUT2D eigenvalue weighted by atomic mass is 19.1. The molecule has 0 saturated heterocycles. The van der Waals surface area contributed by atoms with Gasteiger partial charge in [-0.1, -0.05) is 24.3 Å². The predicted molar refractivity (Wildman–Crippen MR) is 70.1 cm³/mol. The Morgan fingerprint density at radius 2 is 1.89 bits per heavy atom. The van der Waals surface area contributed by atoms with Crippen LogP contribution in [0.5, 0.6) is 0 Å². The van der Waals surface area contributed by atoms with Crippen LogP contribution in [0.4, 0.5) is 4.39 Å². The molecule has 1 N–H and O–H groups in total. The van der Waals surface area contributed by atoms with Crippen molar-refractivity contribution in [3.05, 3.63) is 70.0 Å². The lowest BCUT2D eigenvalue weighted by molar-refractivity contribution is 0.134. The summed E-state index contributed by atoms with van der Waals surface area (Å²) in [6.45, 7) is 3.04. The first-order valence-electron chi connectivity index (χ1n) is 6.29. The van der Waals surface area contributed by atoms with Crippen molar-refractivity contribution in [3.63, 3.8) is 0 Å². The number of ether oxygens (including phenoxy) is 1. The first-order chi connectivity index (χ1) is 9.15. The monoisotopic (exact) mass is 258 g/mol. The second-order valence-electron chi connectivity index (χ2n) is 4.92. The Morgan fingerprint density at radius 3 is 2.68 bits per heavy atom. The molecule has 1 aliphatic heterocycles. The molecule has 0 radical (unpaired) electrons. The molecule has 1 heterocycles. The largest absolute Gasteiger partial charge is 0.384 e. The van der Waals surface area contributed by atoms with E-state index in [1.54, 1.807) is 13.0 Å². The highest BCUT2D eigenvalue weighted by Crippen LogP contribution is 2.29. The third kappa shape index (κ3) is 2.27. The van der Waals surface area contributed by atoms with E-state index in [0.717, 1.165) is 22.3 Å². The van der Waals surface area contributed by atoms with Crippen molar-refractivity contribution >= 4 is 0 Å². The summed E-state index contributed by atoms with van der Waals surface area (Å²) in [6.07, 6.45) is -0.730. The minimum Gasteiger partial charge on any atom is -0.384 e. The number of rotatable bonds is 2. The second-order valence-corrected chi connectivity index (χ2v) is 4.92. The third-order valence-electron chi connectivity index (χ3n) is 3.59. The molecule has 98 valence electrons. The molecule has 0 fully saturated rings. The average Bonchev–Trinajstić information content (AvgIpc) is 2.85. The maximum Gasteiger partial charge on any atom is 0.123 e. The van der Waals surface area contributed by atoms with Gasteiger partial charge < -0.3 is 9.84 Å². The van der Waals surface area contributed by atoms with E-state index in [1.165, 1.54) is 17.7 Å². The number of aliphatic hydroxyl groups excluding tert-OH is 1. The molecule has 1 atom stereocenters. The molecule has 1 aliphatic rings. The molecule has 2 nitrogen and oxygen atoms in total. The van der Waals surface area contributed by atoms with Gasteiger partial charge >= 0.3 is 0 Å². The summed E-state index contributed by atoms with van der Waals surface area (Å²) in [4.78, 5) is 0. The van der Waals surface area contributed by atoms with Crippen molar-refractivity contribution in [1.82, 2.24) is 0 Å². The number of halogens is 1. The number of fused-ring (bicyclic) bond motifs is 1. The molecule has 0 aliphatic carbocycles. The van der Waals surface area contributed by atoms with E-state index < -0.39 is 6.10 Å². The van der Waals surface area contributed by atoms with Crippen molar-refractivity contribution in [2.75, 3.05) is 0 Å². The van der Waals surface area contributed by atoms with Gasteiger partial charge in [-0.15, -0.1) is 0 Å². The fourth-order valence-corrected chi connectivity index (χ4v) is 2.49. The van der Waals surface area contributed by atoms with Gasteiger partial charge in [-0.3, -0.25) is 0 Å². The van der Waals surface area contributed by atoms with E-state index in [9.17, 15) is 9.50 Å². The van der Waals surface area contributed by atoms with Gasteiger partial charge in [0.15, 0.2) is 0 Å². The molecule has 2 aromatic carbocycles. The zero-order valence-corrected chi connectivity index (χ0v) is 10.7. The zero-order chi connectivity index (χ0) is 13.4. The Morgan fingerprint density at radius 1 is 1.11 bits per heavy atom. The van der Waals surface area contributed by atoms with Crippen LogP contribution < -0.4 is 0 Å². The Balaban J connectivity index is 1.97. The Kier molecular flexibility index (Phi) is 3.09. The molecule has 0 saturated carbocycles. The van der Waals surface area contributed by atoms with Gasteiger partial charge in [-0.25, -0.2) is 4.39 Å². The van der Waals surface area contributed by atoms with E-state index in [1.807, 2.05) is 18.2 Å². The second kappa shape index (κ2) is 4.76. The lowest BCUT2D eigenvalue weighted by Crippen LogP contribution is -2.03. The Hall–Kier alpha value is -1.71. The number of benzene rings is 2. The van der Waals surface area contributed by atoms with Crippen LogP contribution in [-0.2, 0) is 18.0 Å². The molecular weight excluding hydrogens is 243 g/mol. The molecule has 1 unspecified atom stereocenters. The van der Waals surface area contributed by atoms with E-state index >= 15 is 0 Å². The third-order valence-corrected chi connectivity index (χ3v) is 3.59. The van der Waals surface area contributed by atoms with Crippen LogP contribution in [0.2, 0.25) is 0 Å². The van der Waals surface area contributed by atoms with E-state index in [0.29, 0.717) is 13.2 Å². The summed E-state index contributed by atoms with van der Waals surface area (Å²) in [5, 5.41) is 10.4. The van der Waals surface area contributed by atoms with E-state index in [2.05, 4.69) is 0 Å². The average molecular weight is 258 g/mol. The molecular formula is C16H15FO2. The van der Waals surface area contributed by atoms with Crippen molar-refractivity contribution in [2.45, 2.75) is 26.2 Å². The molecule has 0 aromatic heterocycles. The normalized spacial score (nSPS) is 15.3. The van der Waals surface area contributed by atoms with Crippen LogP contribution in [0.3, 0.4) is 0 Å². The van der Waals surface area contributed by atoms with Gasteiger partial charge in [0.1, 0.15) is 11.9 Å². The summed E-state index contributed by atoms with van der Waals surface area (Å²) in [7, 11) is 0. The zero-order valence-electron chi connectivity index (χ0n) is 10.7. The topological polar surface area (TPSA) is 29.5 Å². The highest BCUT2D eigenvalue weighted by Gasteiger charge is 2.17. The number of aliphatic hydroxyl groups is 1. The maximum absolute atomic E-state index is 13.1. The first-order valence-corrected chi connectivity index (χ1v) is 6.29. The number of hydrogen-bond acceptors (Lipinski definition) is 2. The maximum atomic E-state index is 13.1. The molecule has 2 aromatic rings. The van der Waals surface area contributed by atoms with Crippen molar-refractivity contribution in [2.24, 2.45) is 0 Å². The van der Waals surface area contributed by atoms with Crippen LogP contribution in [-0.4, -0.2) is 5.11 Å². The van der Waals surface area contributed by atoms with Gasteiger partial charge in [0, 0.05) is 0 Å². The van der Waals surface area contributed by atoms with Crippen LogP contribution >= 0.6 is 0 Å². The fraction of sp³-hybridized carbons (Fsp3) is 0.250. The van der Waals surface area contributed by atoms with Crippen molar-refractivity contribution in [1.29, 1.82) is 0 Å². The highest BCUT2D eigenvalue weighted by molar-refractivity contribution is 5.40. The molecule has 0 bridgehead atoms. The number of hydrogen-bond donors (Lipinski definition) is 1. The van der Waals surface area contributed by atoms with Crippen LogP contribution in [0, 0.1) is 12.7 Å². The lowest BCUT2D eigenvalue weighted by atomic mass is 9.95. The van der Waals surface area contributed by atoms with Crippen molar-refractivity contribution < 1.29 is 14.2 Å². The van der Waals surface area contributed by atoms with Gasteiger partial charge in [0.05, 0.1) is 13.2 Å². The molecule has 3 rings (SSSR count). The fourth-order valence-electron chi connectivity index (χ4n) is 2.49. The smallest absolute Gasteiger partial charge is 0.123 e. The van der Waals surface area contributed by atoms with Crippen LogP contribution in [0.1, 0.15) is 33.9 Å². The van der Waals surface area contributed by atoms with Gasteiger partial charge in [0.2, 0.25) is 0 Å². The Bertz CT molecular complexity index is 622. The molecule has 0 amide bonds. The van der Waals surface area contributed by atoms with Gasteiger partial charge in [-0.2, -0.15) is 0 Å². The molecule has 19 heavy (non-hydrogen) atoms. The summed E-state index contributed by atoms with van der Waals surface area (Å²) < 4.78 is 18.5. The summed E-state index contributed by atoms with van der Waals surface area (Å²) >= 11 is 0. The van der Waals surface area contributed by atoms with Gasteiger partial charge in [0.25, 0.3) is 0 Å². The summed E-state index contributed by atoms with van der Waals surface area (Å²) in [5.41, 5.74) is 4.60. The van der Waals surface area contributed by atoms with E-state index in [4.69, 9.17) is 4.74 Å². The standard InChI is InChI=1S/C16H15FO2/c1-10-6-14(17)4-5-15(10)16(18)11-2-3-12-8-19-9-13(12)7-11/h2-7,16,18H,8-9H2,1H3. The minimum atomic E-state index is -0.730. The first kappa shape index (κ1) is 12.3. The lowest BCUT2D eigenvalue weighted by Gasteiger charge is -2.15. The summed E-state index contributed by atoms with van der Waals surface area (Å²) in [6, 6.07) is 10.3. The van der Waals surface area contributed by atoms with Crippen molar-refractivity contribution in [3.8, 4) is 0 Å². The predicted octanol–water partition coefficient (Wildman–Crippen LogP) is 3.25. The molecule has 3 heteroatoms. The van der Waals surface area contributed by atoms with E-state index in [-0.39, 0.29) is 5.82 Å². The number of aryl methyl sites for hydroxylation is 1.